The Hall–Kier alpha value is -3.62. The lowest BCUT2D eigenvalue weighted by atomic mass is 10.2. The maximum Gasteiger partial charge on any atom is 0.225 e. The molecule has 0 radical (unpaired) electrons. The normalized spacial score (nSPS) is 14.5. The Labute approximate surface area is 168 Å². The Morgan fingerprint density at radius 3 is 2.41 bits per heavy atom. The van der Waals surface area contributed by atoms with Gasteiger partial charge in [-0.25, -0.2) is 24.6 Å². The SMILES string of the molecule is Cc1ccc(Cn2ncc3c(N4CCN(c5ncccn5)CC4)ncnc32)cn1. The number of pyridine rings is 1. The van der Waals surface area contributed by atoms with Crippen LogP contribution in [0.15, 0.2) is 49.3 Å². The van der Waals surface area contributed by atoms with Crippen molar-refractivity contribution in [2.45, 2.75) is 13.5 Å². The largest absolute Gasteiger partial charge is 0.352 e. The molecule has 0 spiro atoms. The first-order valence-corrected chi connectivity index (χ1v) is 9.63. The second-order valence-corrected chi connectivity index (χ2v) is 7.07. The van der Waals surface area contributed by atoms with Crippen LogP contribution in [0.25, 0.3) is 11.0 Å². The third-order valence-corrected chi connectivity index (χ3v) is 5.13. The number of fused-ring (bicyclic) bond motifs is 1. The average Bonchev–Trinajstić information content (AvgIpc) is 3.19. The number of aromatic nitrogens is 7. The minimum atomic E-state index is 0.631. The van der Waals surface area contributed by atoms with Crippen molar-refractivity contribution < 1.29 is 0 Å². The van der Waals surface area contributed by atoms with Crippen LogP contribution >= 0.6 is 0 Å². The minimum absolute atomic E-state index is 0.631. The summed E-state index contributed by atoms with van der Waals surface area (Å²) in [6.07, 6.45) is 8.92. The van der Waals surface area contributed by atoms with E-state index in [0.29, 0.717) is 6.54 Å². The Balaban J connectivity index is 1.36. The zero-order valence-electron chi connectivity index (χ0n) is 16.2. The van der Waals surface area contributed by atoms with Gasteiger partial charge < -0.3 is 9.80 Å². The lowest BCUT2D eigenvalue weighted by molar-refractivity contribution is 0.635. The van der Waals surface area contributed by atoms with Crippen molar-refractivity contribution in [3.8, 4) is 0 Å². The van der Waals surface area contributed by atoms with E-state index in [0.717, 1.165) is 60.2 Å². The zero-order chi connectivity index (χ0) is 19.6. The number of rotatable bonds is 4. The molecular formula is C20H21N9. The van der Waals surface area contributed by atoms with E-state index in [2.05, 4.69) is 45.9 Å². The van der Waals surface area contributed by atoms with Crippen LogP contribution in [0, 0.1) is 6.92 Å². The van der Waals surface area contributed by atoms with Gasteiger partial charge in [0.25, 0.3) is 0 Å². The van der Waals surface area contributed by atoms with Crippen LogP contribution in [0.3, 0.4) is 0 Å². The molecule has 4 aromatic heterocycles. The Bertz CT molecular complexity index is 1100. The van der Waals surface area contributed by atoms with Crippen LogP contribution in [0.2, 0.25) is 0 Å². The molecule has 1 aliphatic heterocycles. The summed E-state index contributed by atoms with van der Waals surface area (Å²) in [6, 6.07) is 5.92. The predicted molar refractivity (Wildman–Crippen MR) is 110 cm³/mol. The molecule has 29 heavy (non-hydrogen) atoms. The van der Waals surface area contributed by atoms with Crippen molar-refractivity contribution in [2.75, 3.05) is 36.0 Å². The third-order valence-electron chi connectivity index (χ3n) is 5.13. The molecule has 0 aliphatic carbocycles. The fourth-order valence-electron chi connectivity index (χ4n) is 3.59. The molecule has 0 amide bonds. The molecule has 1 aliphatic rings. The summed E-state index contributed by atoms with van der Waals surface area (Å²) >= 11 is 0. The van der Waals surface area contributed by atoms with Crippen molar-refractivity contribution in [1.82, 2.24) is 34.7 Å². The highest BCUT2D eigenvalue weighted by Crippen LogP contribution is 2.24. The van der Waals surface area contributed by atoms with Crippen LogP contribution in [-0.2, 0) is 6.54 Å². The van der Waals surface area contributed by atoms with Gasteiger partial charge in [0, 0.05) is 50.5 Å². The molecule has 0 saturated carbocycles. The quantitative estimate of drug-likeness (QED) is 0.523. The van der Waals surface area contributed by atoms with Crippen molar-refractivity contribution in [3.63, 3.8) is 0 Å². The molecule has 9 heteroatoms. The molecule has 0 atom stereocenters. The minimum Gasteiger partial charge on any atom is -0.352 e. The van der Waals surface area contributed by atoms with Crippen molar-refractivity contribution in [3.05, 3.63) is 60.6 Å². The van der Waals surface area contributed by atoms with E-state index < -0.39 is 0 Å². The maximum absolute atomic E-state index is 4.56. The van der Waals surface area contributed by atoms with Crippen molar-refractivity contribution in [1.29, 1.82) is 0 Å². The van der Waals surface area contributed by atoms with E-state index in [1.54, 1.807) is 18.7 Å². The van der Waals surface area contributed by atoms with Gasteiger partial charge in [-0.2, -0.15) is 5.10 Å². The molecule has 0 bridgehead atoms. The number of aryl methyl sites for hydroxylation is 1. The monoisotopic (exact) mass is 387 g/mol. The summed E-state index contributed by atoms with van der Waals surface area (Å²) in [5, 5.41) is 5.53. The molecule has 0 unspecified atom stereocenters. The fourth-order valence-corrected chi connectivity index (χ4v) is 3.59. The van der Waals surface area contributed by atoms with Gasteiger partial charge in [-0.3, -0.25) is 4.98 Å². The molecule has 5 rings (SSSR count). The first-order chi connectivity index (χ1) is 14.3. The van der Waals surface area contributed by atoms with Crippen LogP contribution in [0.4, 0.5) is 11.8 Å². The highest BCUT2D eigenvalue weighted by Gasteiger charge is 2.22. The van der Waals surface area contributed by atoms with Gasteiger partial charge in [0.05, 0.1) is 18.1 Å². The van der Waals surface area contributed by atoms with Crippen molar-refractivity contribution in [2.24, 2.45) is 0 Å². The van der Waals surface area contributed by atoms with Crippen LogP contribution in [0.1, 0.15) is 11.3 Å². The molecule has 4 aromatic rings. The second-order valence-electron chi connectivity index (χ2n) is 7.07. The first-order valence-electron chi connectivity index (χ1n) is 9.63. The van der Waals surface area contributed by atoms with Gasteiger partial charge in [-0.1, -0.05) is 6.07 Å². The lowest BCUT2D eigenvalue weighted by Crippen LogP contribution is -2.47. The smallest absolute Gasteiger partial charge is 0.225 e. The molecule has 5 heterocycles. The molecule has 0 aromatic carbocycles. The summed E-state index contributed by atoms with van der Waals surface area (Å²) in [6.45, 7) is 5.99. The summed E-state index contributed by atoms with van der Waals surface area (Å²) in [5.74, 6) is 1.71. The highest BCUT2D eigenvalue weighted by molar-refractivity contribution is 5.86. The van der Waals surface area contributed by atoms with E-state index in [1.807, 2.05) is 36.1 Å². The van der Waals surface area contributed by atoms with E-state index >= 15 is 0 Å². The molecule has 0 N–H and O–H groups in total. The van der Waals surface area contributed by atoms with Gasteiger partial charge in [0.2, 0.25) is 5.95 Å². The van der Waals surface area contributed by atoms with Gasteiger partial charge in [0.15, 0.2) is 5.65 Å². The summed E-state index contributed by atoms with van der Waals surface area (Å²) in [5.41, 5.74) is 2.94. The Morgan fingerprint density at radius 1 is 0.862 bits per heavy atom. The fraction of sp³-hybridized carbons (Fsp3) is 0.300. The molecular weight excluding hydrogens is 366 g/mol. The van der Waals surface area contributed by atoms with Crippen LogP contribution < -0.4 is 9.80 Å². The van der Waals surface area contributed by atoms with Gasteiger partial charge in [-0.05, 0) is 24.6 Å². The van der Waals surface area contributed by atoms with Gasteiger partial charge in [-0.15, -0.1) is 0 Å². The lowest BCUT2D eigenvalue weighted by Gasteiger charge is -2.35. The maximum atomic E-state index is 4.56. The third kappa shape index (κ3) is 3.46. The average molecular weight is 387 g/mol. The number of nitrogens with zero attached hydrogens (tertiary/aromatic N) is 9. The zero-order valence-corrected chi connectivity index (χ0v) is 16.2. The standard InChI is InChI=1S/C20H21N9/c1-15-3-4-16(11-23-15)13-29-19-17(12-26-29)18(24-14-25-19)27-7-9-28(10-8-27)20-21-5-2-6-22-20/h2-6,11-12,14H,7-10,13H2,1H3. The van der Waals surface area contributed by atoms with E-state index in [-0.39, 0.29) is 0 Å². The van der Waals surface area contributed by atoms with Crippen molar-refractivity contribution >= 4 is 22.8 Å². The summed E-state index contributed by atoms with van der Waals surface area (Å²) < 4.78 is 1.90. The summed E-state index contributed by atoms with van der Waals surface area (Å²) in [4.78, 5) is 26.6. The molecule has 1 fully saturated rings. The number of piperazine rings is 1. The predicted octanol–water partition coefficient (Wildman–Crippen LogP) is 1.69. The number of hydrogen-bond donors (Lipinski definition) is 0. The molecule has 1 saturated heterocycles. The Kier molecular flexibility index (Phi) is 4.47. The van der Waals surface area contributed by atoms with E-state index in [9.17, 15) is 0 Å². The second kappa shape index (κ2) is 7.42. The summed E-state index contributed by atoms with van der Waals surface area (Å²) in [7, 11) is 0. The van der Waals surface area contributed by atoms with Gasteiger partial charge in [0.1, 0.15) is 12.1 Å². The number of hydrogen-bond acceptors (Lipinski definition) is 8. The highest BCUT2D eigenvalue weighted by atomic mass is 15.3. The molecule has 146 valence electrons. The topological polar surface area (TPSA) is 88.8 Å². The number of anilines is 2. The van der Waals surface area contributed by atoms with E-state index in [1.165, 1.54) is 0 Å². The van der Waals surface area contributed by atoms with Gasteiger partial charge >= 0.3 is 0 Å². The molecule has 9 nitrogen and oxygen atoms in total. The van der Waals surface area contributed by atoms with Crippen LogP contribution in [0.5, 0.6) is 0 Å². The van der Waals surface area contributed by atoms with Crippen LogP contribution in [-0.4, -0.2) is 60.9 Å². The Morgan fingerprint density at radius 2 is 1.66 bits per heavy atom. The van der Waals surface area contributed by atoms with E-state index in [4.69, 9.17) is 0 Å². The first kappa shape index (κ1) is 17.5.